The smallest absolute Gasteiger partial charge is 0.161 e. The maximum Gasteiger partial charge on any atom is 0.161 e. The molecular weight excluding hydrogens is 528 g/mol. The lowest BCUT2D eigenvalue weighted by Gasteiger charge is -2.73. The van der Waals surface area contributed by atoms with Crippen LogP contribution in [-0.2, 0) is 14.2 Å². The normalized spacial score (nSPS) is 57.9. The molecule has 6 nitrogen and oxygen atoms in total. The van der Waals surface area contributed by atoms with Crippen LogP contribution in [0.2, 0.25) is 0 Å². The van der Waals surface area contributed by atoms with E-state index >= 15 is 0 Å². The van der Waals surface area contributed by atoms with E-state index in [4.69, 9.17) is 14.2 Å². The molecule has 5 saturated carbocycles. The van der Waals surface area contributed by atoms with E-state index in [-0.39, 0.29) is 30.0 Å². The monoisotopic (exact) mass is 588 g/mol. The molecule has 240 valence electrons. The molecule has 0 aromatic rings. The Labute approximate surface area is 254 Å². The Morgan fingerprint density at radius 2 is 1.52 bits per heavy atom. The average Bonchev–Trinajstić information content (AvgIpc) is 3.26. The van der Waals surface area contributed by atoms with Crippen LogP contribution >= 0.6 is 0 Å². The Balaban J connectivity index is 1.14. The van der Waals surface area contributed by atoms with Crippen LogP contribution < -0.4 is 0 Å². The largest absolute Gasteiger partial charge is 0.394 e. The average molecular weight is 589 g/mol. The summed E-state index contributed by atoms with van der Waals surface area (Å²) in [5.74, 6) is 2.79. The van der Waals surface area contributed by atoms with E-state index in [9.17, 15) is 15.3 Å². The number of aliphatic hydroxyl groups is 3. The maximum atomic E-state index is 10.4. The molecule has 0 radical (unpaired) electrons. The highest BCUT2D eigenvalue weighted by molar-refractivity contribution is 5.21. The van der Waals surface area contributed by atoms with E-state index in [0.717, 1.165) is 30.8 Å². The van der Waals surface area contributed by atoms with Gasteiger partial charge in [0.25, 0.3) is 0 Å². The summed E-state index contributed by atoms with van der Waals surface area (Å²) in [6.07, 6.45) is 10.1. The first-order valence-corrected chi connectivity index (χ1v) is 17.5. The molecular formula is C36H60O6. The van der Waals surface area contributed by atoms with Gasteiger partial charge in [0, 0.05) is 6.42 Å². The van der Waals surface area contributed by atoms with Crippen LogP contribution in [0.3, 0.4) is 0 Å². The number of rotatable bonds is 3. The molecule has 7 rings (SSSR count). The molecule has 2 aliphatic heterocycles. The van der Waals surface area contributed by atoms with Crippen LogP contribution in [-0.4, -0.2) is 65.3 Å². The topological polar surface area (TPSA) is 88.4 Å². The number of hydrogen-bond acceptors (Lipinski definition) is 6. The van der Waals surface area contributed by atoms with Gasteiger partial charge in [0.2, 0.25) is 0 Å². The lowest BCUT2D eigenvalue weighted by atomic mass is 9.31. The lowest BCUT2D eigenvalue weighted by molar-refractivity contribution is -0.302. The predicted molar refractivity (Wildman–Crippen MR) is 161 cm³/mol. The molecule has 0 aromatic carbocycles. The van der Waals surface area contributed by atoms with E-state index in [2.05, 4.69) is 48.5 Å². The van der Waals surface area contributed by atoms with Crippen molar-refractivity contribution in [1.82, 2.24) is 0 Å². The van der Waals surface area contributed by atoms with Crippen LogP contribution in [0.5, 0.6) is 0 Å². The fourth-order valence-electron chi connectivity index (χ4n) is 13.5. The van der Waals surface area contributed by atoms with Crippen LogP contribution in [0.25, 0.3) is 0 Å². The summed E-state index contributed by atoms with van der Waals surface area (Å²) in [7, 11) is 0. The minimum atomic E-state index is -1.07. The lowest BCUT2D eigenvalue weighted by Crippen LogP contribution is -2.68. The van der Waals surface area contributed by atoms with Crippen molar-refractivity contribution in [3.8, 4) is 0 Å². The van der Waals surface area contributed by atoms with Crippen LogP contribution in [0, 0.1) is 56.2 Å². The van der Waals surface area contributed by atoms with Gasteiger partial charge < -0.3 is 29.5 Å². The minimum absolute atomic E-state index is 0.0257. The van der Waals surface area contributed by atoms with Crippen LogP contribution in [0.4, 0.5) is 0 Å². The zero-order valence-corrected chi connectivity index (χ0v) is 27.5. The Hall–Kier alpha value is -0.240. The quantitative estimate of drug-likeness (QED) is 0.346. The predicted octanol–water partition coefficient (Wildman–Crippen LogP) is 6.09. The molecule has 6 heteroatoms. The molecule has 5 aliphatic carbocycles. The Morgan fingerprint density at radius 3 is 2.26 bits per heavy atom. The highest BCUT2D eigenvalue weighted by atomic mass is 16.7. The van der Waals surface area contributed by atoms with Gasteiger partial charge in [-0.05, 0) is 120 Å². The van der Waals surface area contributed by atoms with Crippen molar-refractivity contribution in [3.05, 3.63) is 0 Å². The fraction of sp³-hybridized carbons (Fsp3) is 1.00. The molecule has 0 spiro atoms. The Kier molecular flexibility index (Phi) is 6.98. The SMILES string of the molecule is CC1(C)CC[C@]23CC[C@]4(C)[C@H](CC[C@@H]5[C@@]6(C)CC[C@H](O[C@@H]7C[C@@H](O)[C@@H](O)[C@@H](CO)O7)C(C)(C)[C@@H]6CC[C@]54C)[C@H]2[C@H]1OC3. The Morgan fingerprint density at radius 1 is 0.786 bits per heavy atom. The van der Waals surface area contributed by atoms with Crippen molar-refractivity contribution in [2.45, 2.75) is 156 Å². The molecule has 3 N–H and O–H groups in total. The van der Waals surface area contributed by atoms with Crippen molar-refractivity contribution >= 4 is 0 Å². The van der Waals surface area contributed by atoms with Crippen LogP contribution in [0.15, 0.2) is 0 Å². The summed E-state index contributed by atoms with van der Waals surface area (Å²) in [5, 5.41) is 30.3. The van der Waals surface area contributed by atoms with Crippen molar-refractivity contribution in [3.63, 3.8) is 0 Å². The van der Waals surface area contributed by atoms with Gasteiger partial charge in [-0.25, -0.2) is 0 Å². The third-order valence-electron chi connectivity index (χ3n) is 16.1. The van der Waals surface area contributed by atoms with Gasteiger partial charge in [0.05, 0.1) is 31.5 Å². The molecule has 7 aliphatic rings. The second kappa shape index (κ2) is 9.64. The summed E-state index contributed by atoms with van der Waals surface area (Å²) in [5.41, 5.74) is 1.68. The summed E-state index contributed by atoms with van der Waals surface area (Å²) >= 11 is 0. The van der Waals surface area contributed by atoms with E-state index in [1.54, 1.807) is 0 Å². The number of fused-ring (bicyclic) bond motifs is 5. The van der Waals surface area contributed by atoms with Crippen molar-refractivity contribution in [2.24, 2.45) is 56.2 Å². The van der Waals surface area contributed by atoms with Crippen molar-refractivity contribution < 1.29 is 29.5 Å². The van der Waals surface area contributed by atoms with Crippen LogP contribution in [0.1, 0.15) is 119 Å². The standard InChI is InChI=1S/C36H60O6/c1-31(2)14-16-36-17-15-34(6)21(28(36)30(31)40-20-36)8-9-25-33(5)12-11-26(32(3,4)24(33)10-13-35(25,34)7)42-27-18-22(38)29(39)23(19-37)41-27/h21-30,37-39H,8-20H2,1-7H3/t21-,22-,23-,24+,25-,26+,27-,28+,29-,30-,33+,34-,35-,36-/m1/s1. The molecule has 2 heterocycles. The van der Waals surface area contributed by atoms with E-state index in [1.165, 1.54) is 57.8 Å². The summed E-state index contributed by atoms with van der Waals surface area (Å²) in [6.45, 7) is 18.5. The number of hydrogen-bond donors (Lipinski definition) is 3. The first kappa shape index (κ1) is 30.4. The highest BCUT2D eigenvalue weighted by Crippen LogP contribution is 2.78. The van der Waals surface area contributed by atoms with Crippen molar-refractivity contribution in [2.75, 3.05) is 13.2 Å². The highest BCUT2D eigenvalue weighted by Gasteiger charge is 2.73. The number of aliphatic hydroxyl groups excluding tert-OH is 3. The Bertz CT molecular complexity index is 1060. The first-order chi connectivity index (χ1) is 19.6. The molecule has 0 aromatic heterocycles. The zero-order valence-electron chi connectivity index (χ0n) is 27.5. The molecule has 14 atom stereocenters. The van der Waals surface area contributed by atoms with Gasteiger partial charge in [-0.2, -0.15) is 0 Å². The molecule has 0 unspecified atom stereocenters. The maximum absolute atomic E-state index is 10.4. The second-order valence-corrected chi connectivity index (χ2v) is 18.3. The molecule has 0 amide bonds. The fourth-order valence-corrected chi connectivity index (χ4v) is 13.5. The molecule has 2 bridgehead atoms. The summed E-state index contributed by atoms with van der Waals surface area (Å²) in [4.78, 5) is 0. The molecule has 42 heavy (non-hydrogen) atoms. The van der Waals surface area contributed by atoms with E-state index in [0.29, 0.717) is 33.7 Å². The van der Waals surface area contributed by atoms with E-state index < -0.39 is 24.6 Å². The van der Waals surface area contributed by atoms with Gasteiger partial charge in [-0.3, -0.25) is 0 Å². The van der Waals surface area contributed by atoms with Gasteiger partial charge in [-0.1, -0.05) is 48.5 Å². The first-order valence-electron chi connectivity index (χ1n) is 17.5. The van der Waals surface area contributed by atoms with Gasteiger partial charge in [0.15, 0.2) is 6.29 Å². The van der Waals surface area contributed by atoms with Gasteiger partial charge in [-0.15, -0.1) is 0 Å². The van der Waals surface area contributed by atoms with E-state index in [1.807, 2.05) is 0 Å². The molecule has 2 saturated heterocycles. The zero-order chi connectivity index (χ0) is 30.1. The van der Waals surface area contributed by atoms with Gasteiger partial charge in [0.1, 0.15) is 12.2 Å². The molecule has 7 fully saturated rings. The third kappa shape index (κ3) is 3.90. The summed E-state index contributed by atoms with van der Waals surface area (Å²) < 4.78 is 19.3. The number of ether oxygens (including phenoxy) is 3. The minimum Gasteiger partial charge on any atom is -0.394 e. The second-order valence-electron chi connectivity index (χ2n) is 18.3. The van der Waals surface area contributed by atoms with Crippen molar-refractivity contribution in [1.29, 1.82) is 0 Å². The third-order valence-corrected chi connectivity index (χ3v) is 16.1. The van der Waals surface area contributed by atoms with Gasteiger partial charge >= 0.3 is 0 Å². The summed E-state index contributed by atoms with van der Waals surface area (Å²) in [6, 6.07) is 0.